The van der Waals surface area contributed by atoms with Gasteiger partial charge in [-0.15, -0.1) is 0 Å². The molecule has 0 heterocycles. The SMILES string of the molecule is Cc1ccc2ccccc2c1C1=C(c2c(C)ccc3ccccc23)C(F)(F)C(F)(F)C1(F)F. The lowest BCUT2D eigenvalue weighted by Crippen LogP contribution is -2.49. The molecule has 0 N–H and O–H groups in total. The Hall–Kier alpha value is -3.28. The number of alkyl halides is 6. The van der Waals surface area contributed by atoms with E-state index < -0.39 is 28.9 Å². The Morgan fingerprint density at radius 1 is 0.485 bits per heavy atom. The Morgan fingerprint density at radius 2 is 0.848 bits per heavy atom. The lowest BCUT2D eigenvalue weighted by molar-refractivity contribution is -0.254. The highest BCUT2D eigenvalue weighted by molar-refractivity contribution is 6.12. The predicted molar refractivity (Wildman–Crippen MR) is 119 cm³/mol. The second kappa shape index (κ2) is 6.86. The van der Waals surface area contributed by atoms with Gasteiger partial charge >= 0.3 is 17.8 Å². The molecule has 4 aromatic rings. The zero-order valence-corrected chi connectivity index (χ0v) is 17.7. The number of fused-ring (bicyclic) bond motifs is 2. The number of aryl methyl sites for hydroxylation is 2. The third-order valence-corrected chi connectivity index (χ3v) is 6.44. The van der Waals surface area contributed by atoms with Gasteiger partial charge in [0.2, 0.25) is 0 Å². The van der Waals surface area contributed by atoms with Gasteiger partial charge in [-0.3, -0.25) is 0 Å². The molecule has 0 radical (unpaired) electrons. The molecule has 0 aromatic heterocycles. The number of halogens is 6. The fourth-order valence-corrected chi connectivity index (χ4v) is 4.81. The summed E-state index contributed by atoms with van der Waals surface area (Å²) in [6, 6.07) is 19.0. The highest BCUT2D eigenvalue weighted by Gasteiger charge is 2.80. The van der Waals surface area contributed by atoms with Crippen LogP contribution in [0.1, 0.15) is 22.3 Å². The van der Waals surface area contributed by atoms with Crippen molar-refractivity contribution in [3.63, 3.8) is 0 Å². The highest BCUT2D eigenvalue weighted by Crippen LogP contribution is 2.66. The lowest BCUT2D eigenvalue weighted by atomic mass is 9.85. The molecule has 168 valence electrons. The van der Waals surface area contributed by atoms with Gasteiger partial charge in [-0.2, -0.15) is 26.3 Å². The predicted octanol–water partition coefficient (Wildman–Crippen LogP) is 8.44. The van der Waals surface area contributed by atoms with E-state index >= 15 is 17.6 Å². The second-order valence-electron chi connectivity index (χ2n) is 8.43. The molecular formula is C27H18F6. The molecule has 33 heavy (non-hydrogen) atoms. The van der Waals surface area contributed by atoms with E-state index in [-0.39, 0.29) is 33.0 Å². The van der Waals surface area contributed by atoms with E-state index in [9.17, 15) is 8.78 Å². The van der Waals surface area contributed by atoms with Crippen LogP contribution in [0.2, 0.25) is 0 Å². The Kier molecular flexibility index (Phi) is 4.48. The van der Waals surface area contributed by atoms with Crippen LogP contribution in [0, 0.1) is 13.8 Å². The molecule has 4 aromatic carbocycles. The first-order valence-corrected chi connectivity index (χ1v) is 10.4. The van der Waals surface area contributed by atoms with Gasteiger partial charge in [0.25, 0.3) is 0 Å². The summed E-state index contributed by atoms with van der Waals surface area (Å²) in [6.07, 6.45) is 0. The van der Waals surface area contributed by atoms with Crippen LogP contribution in [0.3, 0.4) is 0 Å². The van der Waals surface area contributed by atoms with E-state index in [0.717, 1.165) is 0 Å². The zero-order chi connectivity index (χ0) is 23.8. The van der Waals surface area contributed by atoms with Crippen molar-refractivity contribution >= 4 is 32.7 Å². The standard InChI is InChI=1S/C27H18F6/c1-15-11-13-17-7-3-5-9-19(17)21(15)23-24(26(30,31)27(32,33)25(23,28)29)22-16(2)12-14-18-8-4-6-10-20(18)22/h3-14H,1-2H3. The van der Waals surface area contributed by atoms with E-state index in [4.69, 9.17) is 0 Å². The summed E-state index contributed by atoms with van der Waals surface area (Å²) >= 11 is 0. The van der Waals surface area contributed by atoms with Crippen molar-refractivity contribution in [2.45, 2.75) is 31.6 Å². The fraction of sp³-hybridized carbons (Fsp3) is 0.185. The van der Waals surface area contributed by atoms with Gasteiger partial charge in [0, 0.05) is 11.1 Å². The number of hydrogen-bond donors (Lipinski definition) is 0. The van der Waals surface area contributed by atoms with Gasteiger partial charge in [-0.05, 0) is 57.6 Å². The number of allylic oxidation sites excluding steroid dienone is 2. The Morgan fingerprint density at radius 3 is 1.24 bits per heavy atom. The van der Waals surface area contributed by atoms with Crippen molar-refractivity contribution in [1.82, 2.24) is 0 Å². The van der Waals surface area contributed by atoms with Crippen LogP contribution in [0.15, 0.2) is 72.8 Å². The monoisotopic (exact) mass is 456 g/mol. The number of benzene rings is 4. The van der Waals surface area contributed by atoms with Gasteiger partial charge < -0.3 is 0 Å². The third kappa shape index (κ3) is 2.73. The van der Waals surface area contributed by atoms with Gasteiger partial charge in [-0.1, -0.05) is 72.8 Å². The minimum absolute atomic E-state index is 0.215. The highest BCUT2D eigenvalue weighted by atomic mass is 19.3. The van der Waals surface area contributed by atoms with E-state index in [1.54, 1.807) is 48.5 Å². The maximum Gasteiger partial charge on any atom is 0.380 e. The largest absolute Gasteiger partial charge is 0.380 e. The van der Waals surface area contributed by atoms with Crippen LogP contribution >= 0.6 is 0 Å². The van der Waals surface area contributed by atoms with Gasteiger partial charge in [0.1, 0.15) is 0 Å². The first-order chi connectivity index (χ1) is 15.5. The minimum atomic E-state index is -5.60. The van der Waals surface area contributed by atoms with Crippen molar-refractivity contribution in [1.29, 1.82) is 0 Å². The molecule has 0 atom stereocenters. The maximum atomic E-state index is 15.5. The zero-order valence-electron chi connectivity index (χ0n) is 17.7. The maximum absolute atomic E-state index is 15.5. The second-order valence-corrected chi connectivity index (χ2v) is 8.43. The van der Waals surface area contributed by atoms with Crippen LogP contribution in [0.5, 0.6) is 0 Å². The Balaban J connectivity index is 2.04. The molecule has 0 fully saturated rings. The quantitative estimate of drug-likeness (QED) is 0.266. The molecule has 6 heteroatoms. The normalized spacial score (nSPS) is 18.9. The molecule has 0 saturated heterocycles. The molecule has 1 aliphatic carbocycles. The van der Waals surface area contributed by atoms with Gasteiger partial charge in [0.05, 0.1) is 0 Å². The summed E-state index contributed by atoms with van der Waals surface area (Å²) in [4.78, 5) is 0. The van der Waals surface area contributed by atoms with Crippen molar-refractivity contribution < 1.29 is 26.3 Å². The van der Waals surface area contributed by atoms with Crippen LogP contribution in [-0.2, 0) is 0 Å². The smallest absolute Gasteiger partial charge is 0.194 e. The van der Waals surface area contributed by atoms with Crippen molar-refractivity contribution in [2.75, 3.05) is 0 Å². The van der Waals surface area contributed by atoms with Crippen LogP contribution in [0.4, 0.5) is 26.3 Å². The summed E-state index contributed by atoms with van der Waals surface area (Å²) in [5.74, 6) is -15.8. The third-order valence-electron chi connectivity index (χ3n) is 6.44. The summed E-state index contributed by atoms with van der Waals surface area (Å²) in [6.45, 7) is 2.93. The molecule has 0 amide bonds. The van der Waals surface area contributed by atoms with Crippen LogP contribution in [-0.4, -0.2) is 17.8 Å². The molecule has 0 nitrogen and oxygen atoms in total. The number of rotatable bonds is 2. The fourth-order valence-electron chi connectivity index (χ4n) is 4.81. The van der Waals surface area contributed by atoms with Crippen LogP contribution < -0.4 is 0 Å². The molecular weight excluding hydrogens is 438 g/mol. The molecule has 0 bridgehead atoms. The molecule has 1 aliphatic rings. The molecule has 0 unspecified atom stereocenters. The van der Waals surface area contributed by atoms with E-state index in [0.29, 0.717) is 10.8 Å². The number of hydrogen-bond acceptors (Lipinski definition) is 0. The molecule has 0 aliphatic heterocycles. The van der Waals surface area contributed by atoms with Crippen LogP contribution in [0.25, 0.3) is 32.7 Å². The van der Waals surface area contributed by atoms with E-state index in [2.05, 4.69) is 0 Å². The van der Waals surface area contributed by atoms with Crippen molar-refractivity contribution in [3.8, 4) is 0 Å². The molecule has 5 rings (SSSR count). The average Bonchev–Trinajstić information content (AvgIpc) is 2.88. The van der Waals surface area contributed by atoms with Crippen molar-refractivity contribution in [3.05, 3.63) is 95.1 Å². The topological polar surface area (TPSA) is 0 Å². The minimum Gasteiger partial charge on any atom is -0.194 e. The van der Waals surface area contributed by atoms with Crippen molar-refractivity contribution in [2.24, 2.45) is 0 Å². The first-order valence-electron chi connectivity index (χ1n) is 10.4. The summed E-state index contributed by atoms with van der Waals surface area (Å²) in [5.41, 5.74) is -2.76. The summed E-state index contributed by atoms with van der Waals surface area (Å²) < 4.78 is 91.6. The van der Waals surface area contributed by atoms with E-state index in [1.165, 1.54) is 38.1 Å². The first kappa shape index (κ1) is 21.6. The Bertz CT molecular complexity index is 1350. The average molecular weight is 456 g/mol. The summed E-state index contributed by atoms with van der Waals surface area (Å²) in [7, 11) is 0. The van der Waals surface area contributed by atoms with Gasteiger partial charge in [0.15, 0.2) is 0 Å². The van der Waals surface area contributed by atoms with E-state index in [1.807, 2.05) is 0 Å². The Labute approximate surface area is 186 Å². The molecule has 0 spiro atoms. The molecule has 0 saturated carbocycles. The lowest BCUT2D eigenvalue weighted by Gasteiger charge is -2.26. The summed E-state index contributed by atoms with van der Waals surface area (Å²) in [5, 5.41) is 1.43. The van der Waals surface area contributed by atoms with Gasteiger partial charge in [-0.25, -0.2) is 0 Å².